The molecule has 0 fully saturated rings. The normalized spacial score (nSPS) is 10.1. The van der Waals surface area contributed by atoms with Gasteiger partial charge in [-0.2, -0.15) is 0 Å². The fourth-order valence-electron chi connectivity index (χ4n) is 1.53. The van der Waals surface area contributed by atoms with E-state index in [1.807, 2.05) is 30.5 Å². The maximum Gasteiger partial charge on any atom is 0.153 e. The number of hydrogen-bond donors (Lipinski definition) is 0. The lowest BCUT2D eigenvalue weighted by atomic mass is 10.2. The molecule has 0 N–H and O–H groups in total. The van der Waals surface area contributed by atoms with E-state index in [1.54, 1.807) is 30.0 Å². The van der Waals surface area contributed by atoms with Crippen LogP contribution in [0, 0.1) is 0 Å². The van der Waals surface area contributed by atoms with Crippen LogP contribution in [0.4, 0.5) is 0 Å². The highest BCUT2D eigenvalue weighted by molar-refractivity contribution is 7.98. The molecule has 0 radical (unpaired) electrons. The van der Waals surface area contributed by atoms with Gasteiger partial charge in [0.2, 0.25) is 0 Å². The van der Waals surface area contributed by atoms with Gasteiger partial charge in [-0.1, -0.05) is 23.7 Å². The van der Waals surface area contributed by atoms with Gasteiger partial charge in [0.15, 0.2) is 6.29 Å². The highest BCUT2D eigenvalue weighted by atomic mass is 35.5. The Hall–Kier alpha value is -1.45. The lowest BCUT2D eigenvalue weighted by Crippen LogP contribution is -1.91. The maximum absolute atomic E-state index is 11.0. The molecule has 2 aromatic rings. The fourth-order valence-corrected chi connectivity index (χ4v) is 2.23. The molecule has 0 amide bonds. The number of halogens is 1. The first kappa shape index (κ1) is 13.0. The zero-order valence-corrected chi connectivity index (χ0v) is 11.3. The molecule has 0 bridgehead atoms. The van der Waals surface area contributed by atoms with Crippen molar-refractivity contribution in [3.05, 3.63) is 53.1 Å². The molecule has 0 saturated carbocycles. The smallest absolute Gasteiger partial charge is 0.153 e. The first-order valence-corrected chi connectivity index (χ1v) is 6.90. The molecule has 0 spiro atoms. The van der Waals surface area contributed by atoms with Crippen LogP contribution in [-0.2, 0) is 0 Å². The molecule has 0 aliphatic heterocycles. The number of benzene rings is 2. The first-order chi connectivity index (χ1) is 8.74. The molecule has 2 nitrogen and oxygen atoms in total. The second-order valence-corrected chi connectivity index (χ2v) is 4.84. The maximum atomic E-state index is 11.0. The molecule has 0 unspecified atom stereocenters. The molecule has 4 heteroatoms. The summed E-state index contributed by atoms with van der Waals surface area (Å²) >= 11 is 7.43. The van der Waals surface area contributed by atoms with Crippen LogP contribution in [0.5, 0.6) is 11.5 Å². The Bertz CT molecular complexity index is 569. The van der Waals surface area contributed by atoms with E-state index >= 15 is 0 Å². The number of rotatable bonds is 4. The van der Waals surface area contributed by atoms with Crippen molar-refractivity contribution in [2.45, 2.75) is 4.90 Å². The van der Waals surface area contributed by atoms with Crippen LogP contribution in [0.1, 0.15) is 10.4 Å². The van der Waals surface area contributed by atoms with Gasteiger partial charge >= 0.3 is 0 Å². The average molecular weight is 279 g/mol. The zero-order valence-electron chi connectivity index (χ0n) is 9.72. The number of ether oxygens (including phenoxy) is 1. The van der Waals surface area contributed by atoms with E-state index in [-0.39, 0.29) is 0 Å². The Balaban J connectivity index is 2.36. The number of thioether (sulfide) groups is 1. The molecule has 2 aromatic carbocycles. The van der Waals surface area contributed by atoms with Gasteiger partial charge in [-0.25, -0.2) is 0 Å². The lowest BCUT2D eigenvalue weighted by Gasteiger charge is -2.11. The Morgan fingerprint density at radius 1 is 1.17 bits per heavy atom. The summed E-state index contributed by atoms with van der Waals surface area (Å²) < 4.78 is 5.77. The van der Waals surface area contributed by atoms with Crippen LogP contribution in [0.2, 0.25) is 5.02 Å². The molecule has 0 aliphatic carbocycles. The van der Waals surface area contributed by atoms with E-state index in [4.69, 9.17) is 16.3 Å². The summed E-state index contributed by atoms with van der Waals surface area (Å²) in [6, 6.07) is 12.7. The molecule has 0 saturated heterocycles. The van der Waals surface area contributed by atoms with Crippen LogP contribution in [0.25, 0.3) is 0 Å². The third-order valence-electron chi connectivity index (χ3n) is 2.39. The van der Waals surface area contributed by atoms with Crippen LogP contribution < -0.4 is 4.74 Å². The molecule has 2 rings (SSSR count). The van der Waals surface area contributed by atoms with E-state index in [0.29, 0.717) is 16.3 Å². The van der Waals surface area contributed by atoms with E-state index in [2.05, 4.69) is 0 Å². The summed E-state index contributed by atoms with van der Waals surface area (Å²) in [5.74, 6) is 1.24. The van der Waals surface area contributed by atoms with Gasteiger partial charge in [0.1, 0.15) is 11.5 Å². The van der Waals surface area contributed by atoms with Crippen molar-refractivity contribution in [2.24, 2.45) is 0 Å². The second-order valence-electron chi connectivity index (χ2n) is 3.55. The average Bonchev–Trinajstić information content (AvgIpc) is 2.41. The Kier molecular flexibility index (Phi) is 4.28. The van der Waals surface area contributed by atoms with Crippen molar-refractivity contribution in [2.75, 3.05) is 6.26 Å². The van der Waals surface area contributed by atoms with E-state index < -0.39 is 0 Å². The van der Waals surface area contributed by atoms with Crippen molar-refractivity contribution in [3.8, 4) is 11.5 Å². The van der Waals surface area contributed by atoms with Gasteiger partial charge in [0.05, 0.1) is 5.56 Å². The van der Waals surface area contributed by atoms with Crippen LogP contribution >= 0.6 is 23.4 Å². The van der Waals surface area contributed by atoms with E-state index in [1.165, 1.54) is 0 Å². The van der Waals surface area contributed by atoms with Gasteiger partial charge in [-0.3, -0.25) is 4.79 Å². The number of para-hydroxylation sites is 1. The number of hydrogen-bond acceptors (Lipinski definition) is 3. The SMILES string of the molecule is CSc1ccccc1Oc1ccc(Cl)cc1C=O. The van der Waals surface area contributed by atoms with Gasteiger partial charge in [-0.05, 0) is 36.6 Å². The Morgan fingerprint density at radius 3 is 2.67 bits per heavy atom. The molecule has 0 aliphatic rings. The molecule has 18 heavy (non-hydrogen) atoms. The van der Waals surface area contributed by atoms with Crippen LogP contribution in [0.15, 0.2) is 47.4 Å². The molecule has 92 valence electrons. The van der Waals surface area contributed by atoms with Crippen molar-refractivity contribution in [1.82, 2.24) is 0 Å². The zero-order chi connectivity index (χ0) is 13.0. The van der Waals surface area contributed by atoms with Crippen molar-refractivity contribution in [1.29, 1.82) is 0 Å². The standard InChI is InChI=1S/C14H11ClO2S/c1-18-14-5-3-2-4-13(14)17-12-7-6-11(15)8-10(12)9-16/h2-9H,1H3. The number of carbonyl (C=O) groups excluding carboxylic acids is 1. The van der Waals surface area contributed by atoms with Crippen molar-refractivity contribution < 1.29 is 9.53 Å². The van der Waals surface area contributed by atoms with E-state index in [0.717, 1.165) is 16.9 Å². The Labute approximate surface area is 115 Å². The minimum atomic E-state index is 0.443. The van der Waals surface area contributed by atoms with Gasteiger partial charge in [-0.15, -0.1) is 11.8 Å². The third kappa shape index (κ3) is 2.86. The van der Waals surface area contributed by atoms with Crippen molar-refractivity contribution in [3.63, 3.8) is 0 Å². The van der Waals surface area contributed by atoms with Crippen LogP contribution in [0.3, 0.4) is 0 Å². The largest absolute Gasteiger partial charge is 0.455 e. The predicted octanol–water partition coefficient (Wildman–Crippen LogP) is 4.67. The minimum Gasteiger partial charge on any atom is -0.455 e. The molecule has 0 heterocycles. The topological polar surface area (TPSA) is 26.3 Å². The highest BCUT2D eigenvalue weighted by Crippen LogP contribution is 2.33. The second kappa shape index (κ2) is 5.94. The highest BCUT2D eigenvalue weighted by Gasteiger charge is 2.08. The summed E-state index contributed by atoms with van der Waals surface area (Å²) in [6.07, 6.45) is 2.72. The van der Waals surface area contributed by atoms with Gasteiger partial charge < -0.3 is 4.74 Å². The lowest BCUT2D eigenvalue weighted by molar-refractivity contribution is 0.112. The fraction of sp³-hybridized carbons (Fsp3) is 0.0714. The first-order valence-electron chi connectivity index (χ1n) is 5.30. The molecular weight excluding hydrogens is 268 g/mol. The van der Waals surface area contributed by atoms with Crippen LogP contribution in [-0.4, -0.2) is 12.5 Å². The molecule has 0 atom stereocenters. The predicted molar refractivity (Wildman–Crippen MR) is 75.1 cm³/mol. The monoisotopic (exact) mass is 278 g/mol. The number of aldehydes is 1. The summed E-state index contributed by atoms with van der Waals surface area (Å²) in [5.41, 5.74) is 0.443. The van der Waals surface area contributed by atoms with Gasteiger partial charge in [0.25, 0.3) is 0 Å². The van der Waals surface area contributed by atoms with E-state index in [9.17, 15) is 4.79 Å². The van der Waals surface area contributed by atoms with Crippen molar-refractivity contribution >= 4 is 29.6 Å². The number of carbonyl (C=O) groups is 1. The molecule has 0 aromatic heterocycles. The summed E-state index contributed by atoms with van der Waals surface area (Å²) in [6.45, 7) is 0. The Morgan fingerprint density at radius 2 is 1.94 bits per heavy atom. The summed E-state index contributed by atoms with van der Waals surface area (Å²) in [5, 5.41) is 0.516. The van der Waals surface area contributed by atoms with Gasteiger partial charge in [0, 0.05) is 9.92 Å². The third-order valence-corrected chi connectivity index (χ3v) is 3.40. The summed E-state index contributed by atoms with van der Waals surface area (Å²) in [7, 11) is 0. The molecular formula is C14H11ClO2S. The summed E-state index contributed by atoms with van der Waals surface area (Å²) in [4.78, 5) is 12.0. The minimum absolute atomic E-state index is 0.443. The quantitative estimate of drug-likeness (QED) is 0.601.